The second kappa shape index (κ2) is 7.40. The number of para-hydroxylation sites is 1. The van der Waals surface area contributed by atoms with Crippen LogP contribution in [0.15, 0.2) is 85.1 Å². The lowest BCUT2D eigenvalue weighted by atomic mass is 10.0. The molecule has 0 saturated carbocycles. The highest BCUT2D eigenvalue weighted by atomic mass is 16.2. The first-order valence-corrected chi connectivity index (χ1v) is 10.4. The summed E-state index contributed by atoms with van der Waals surface area (Å²) in [5, 5.41) is 4.93. The Hall–Kier alpha value is -3.92. The van der Waals surface area contributed by atoms with Crippen molar-refractivity contribution in [3.63, 3.8) is 0 Å². The smallest absolute Gasteiger partial charge is 0.283 e. The third kappa shape index (κ3) is 3.26. The maximum Gasteiger partial charge on any atom is 0.283 e. The lowest BCUT2D eigenvalue weighted by Gasteiger charge is -2.15. The van der Waals surface area contributed by atoms with Gasteiger partial charge in [-0.3, -0.25) is 9.69 Å². The van der Waals surface area contributed by atoms with Gasteiger partial charge in [0.1, 0.15) is 0 Å². The van der Waals surface area contributed by atoms with Gasteiger partial charge in [-0.1, -0.05) is 42.5 Å². The fraction of sp³-hybridized carbons (Fsp3) is 0.111. The predicted molar refractivity (Wildman–Crippen MR) is 128 cm³/mol. The maximum atomic E-state index is 12.2. The van der Waals surface area contributed by atoms with Crippen molar-refractivity contribution in [1.29, 1.82) is 0 Å². The van der Waals surface area contributed by atoms with Crippen molar-refractivity contribution in [2.45, 2.75) is 6.92 Å². The van der Waals surface area contributed by atoms with E-state index in [1.54, 1.807) is 11.8 Å². The first-order chi connectivity index (χ1) is 15.0. The van der Waals surface area contributed by atoms with E-state index in [1.165, 1.54) is 21.5 Å². The number of fused-ring (bicyclic) bond motifs is 3. The summed E-state index contributed by atoms with van der Waals surface area (Å²) in [6.07, 6.45) is 3.84. The largest absolute Gasteiger partial charge is 0.288 e. The molecule has 0 spiro atoms. The van der Waals surface area contributed by atoms with E-state index in [4.69, 9.17) is 0 Å². The van der Waals surface area contributed by atoms with E-state index in [1.807, 2.05) is 42.6 Å². The third-order valence-electron chi connectivity index (χ3n) is 5.95. The van der Waals surface area contributed by atoms with Crippen LogP contribution in [0, 0.1) is 0 Å². The number of aromatic nitrogens is 2. The van der Waals surface area contributed by atoms with Crippen molar-refractivity contribution < 1.29 is 9.36 Å². The Bertz CT molecular complexity index is 1400. The second-order valence-electron chi connectivity index (χ2n) is 7.90. The second-order valence-corrected chi connectivity index (χ2v) is 7.90. The topological polar surface area (TPSA) is 29.1 Å². The predicted octanol–water partition coefficient (Wildman–Crippen LogP) is 5.33. The number of aryl methyl sites for hydroxylation is 2. The van der Waals surface area contributed by atoms with Crippen LogP contribution < -0.4 is 9.47 Å². The van der Waals surface area contributed by atoms with Crippen LogP contribution in [-0.2, 0) is 18.9 Å². The van der Waals surface area contributed by atoms with Crippen molar-refractivity contribution in [3.8, 4) is 0 Å². The van der Waals surface area contributed by atoms with Gasteiger partial charge in [-0.05, 0) is 57.9 Å². The van der Waals surface area contributed by atoms with Gasteiger partial charge in [-0.2, -0.15) is 0 Å². The molecule has 0 aliphatic heterocycles. The third-order valence-corrected chi connectivity index (χ3v) is 5.95. The normalized spacial score (nSPS) is 11.7. The summed E-state index contributed by atoms with van der Waals surface area (Å²) in [6.45, 7) is 1.58. The van der Waals surface area contributed by atoms with Gasteiger partial charge in [0, 0.05) is 24.9 Å². The molecule has 5 rings (SSSR count). The zero-order valence-electron chi connectivity index (χ0n) is 17.9. The minimum Gasteiger partial charge on any atom is -0.288 e. The van der Waals surface area contributed by atoms with Crippen molar-refractivity contribution in [1.82, 2.24) is 4.57 Å². The zero-order valence-corrected chi connectivity index (χ0v) is 17.9. The Labute approximate surface area is 181 Å². The van der Waals surface area contributed by atoms with Crippen molar-refractivity contribution in [2.75, 3.05) is 4.90 Å². The van der Waals surface area contributed by atoms with Crippen molar-refractivity contribution >= 4 is 50.2 Å². The molecule has 0 radical (unpaired) electrons. The van der Waals surface area contributed by atoms with E-state index in [0.29, 0.717) is 0 Å². The first-order valence-electron chi connectivity index (χ1n) is 10.4. The van der Waals surface area contributed by atoms with Crippen LogP contribution in [-0.4, -0.2) is 10.5 Å². The van der Waals surface area contributed by atoms with Gasteiger partial charge < -0.3 is 0 Å². The van der Waals surface area contributed by atoms with Gasteiger partial charge in [0.25, 0.3) is 5.82 Å². The summed E-state index contributed by atoms with van der Waals surface area (Å²) in [5.41, 5.74) is 3.16. The summed E-state index contributed by atoms with van der Waals surface area (Å²) < 4.78 is 4.34. The Morgan fingerprint density at radius 3 is 2.13 bits per heavy atom. The Kier molecular flexibility index (Phi) is 4.55. The van der Waals surface area contributed by atoms with Gasteiger partial charge in [0.15, 0.2) is 11.0 Å². The van der Waals surface area contributed by atoms with E-state index in [9.17, 15) is 4.79 Å². The van der Waals surface area contributed by atoms with E-state index in [0.717, 1.165) is 22.5 Å². The molecule has 0 bridgehead atoms. The fourth-order valence-electron chi connectivity index (χ4n) is 4.30. The van der Waals surface area contributed by atoms with E-state index >= 15 is 0 Å². The maximum absolute atomic E-state index is 12.2. The molecule has 31 heavy (non-hydrogen) atoms. The number of hydrogen-bond donors (Lipinski definition) is 0. The summed E-state index contributed by atoms with van der Waals surface area (Å²) in [4.78, 5) is 13.9. The average Bonchev–Trinajstić information content (AvgIpc) is 3.01. The molecule has 4 heteroatoms. The number of carbonyl (C=O) groups is 1. The number of rotatable bonds is 3. The standard InChI is InChI=1S/C27H24N3O/c1-19(31)30(24-11-5-4-6-12-24)14-13-27-28(2)25-17-22-15-20-9-7-8-10-21(20)16-23(22)18-26(25)29(27)3/h4-18H,1-3H3/q+1. The Morgan fingerprint density at radius 1 is 0.871 bits per heavy atom. The van der Waals surface area contributed by atoms with Crippen LogP contribution >= 0.6 is 0 Å². The quantitative estimate of drug-likeness (QED) is 0.294. The van der Waals surface area contributed by atoms with Crippen molar-refractivity contribution in [2.24, 2.45) is 14.1 Å². The highest BCUT2D eigenvalue weighted by Crippen LogP contribution is 2.27. The van der Waals surface area contributed by atoms with Crippen LogP contribution in [0.3, 0.4) is 0 Å². The van der Waals surface area contributed by atoms with Gasteiger partial charge >= 0.3 is 0 Å². The Balaban J connectivity index is 1.65. The van der Waals surface area contributed by atoms with Gasteiger partial charge in [-0.15, -0.1) is 0 Å². The molecule has 0 saturated heterocycles. The fourth-order valence-corrected chi connectivity index (χ4v) is 4.30. The summed E-state index contributed by atoms with van der Waals surface area (Å²) in [6, 6.07) is 27.1. The van der Waals surface area contributed by atoms with E-state index < -0.39 is 0 Å². The number of amides is 1. The number of hydrogen-bond acceptors (Lipinski definition) is 1. The molecule has 0 fully saturated rings. The molecule has 0 atom stereocenters. The molecular formula is C27H24N3O+. The molecule has 4 nitrogen and oxygen atoms in total. The molecule has 1 aromatic heterocycles. The summed E-state index contributed by atoms with van der Waals surface area (Å²) >= 11 is 0. The molecule has 4 aromatic carbocycles. The molecule has 1 amide bonds. The van der Waals surface area contributed by atoms with Gasteiger partial charge in [0.05, 0.1) is 14.1 Å². The lowest BCUT2D eigenvalue weighted by Crippen LogP contribution is -2.31. The zero-order chi connectivity index (χ0) is 21.5. The van der Waals surface area contributed by atoms with Crippen molar-refractivity contribution in [3.05, 3.63) is 90.9 Å². The molecule has 0 N–H and O–H groups in total. The highest BCUT2D eigenvalue weighted by Gasteiger charge is 2.19. The number of anilines is 1. The lowest BCUT2D eigenvalue weighted by molar-refractivity contribution is -0.647. The number of imidazole rings is 1. The van der Waals surface area contributed by atoms with Crippen LogP contribution in [0.4, 0.5) is 5.69 Å². The minimum absolute atomic E-state index is 0.0266. The number of nitrogens with zero attached hydrogens (tertiary/aromatic N) is 3. The molecule has 0 aliphatic rings. The number of carbonyl (C=O) groups excluding carboxylic acids is 1. The SMILES string of the molecule is CC(=O)N(/C=C/c1n(C)c2cc3cc4ccccc4cc3cc2[n+]1C)c1ccccc1. The van der Waals surface area contributed by atoms with Crippen LogP contribution in [0.25, 0.3) is 38.7 Å². The molecular weight excluding hydrogens is 382 g/mol. The van der Waals surface area contributed by atoms with Gasteiger partial charge in [-0.25, -0.2) is 9.13 Å². The molecule has 5 aromatic rings. The van der Waals surface area contributed by atoms with Crippen LogP contribution in [0.2, 0.25) is 0 Å². The average molecular weight is 407 g/mol. The minimum atomic E-state index is -0.0266. The molecule has 1 heterocycles. The van der Waals surface area contributed by atoms with E-state index in [-0.39, 0.29) is 5.91 Å². The molecule has 152 valence electrons. The number of benzene rings is 4. The molecule has 0 aliphatic carbocycles. The van der Waals surface area contributed by atoms with Crippen LogP contribution in [0.1, 0.15) is 12.7 Å². The Morgan fingerprint density at radius 2 is 1.48 bits per heavy atom. The van der Waals surface area contributed by atoms with E-state index in [2.05, 4.69) is 71.8 Å². The van der Waals surface area contributed by atoms with Gasteiger partial charge in [0.2, 0.25) is 5.91 Å². The summed E-state index contributed by atoms with van der Waals surface area (Å²) in [5.74, 6) is 0.985. The molecule has 0 unspecified atom stereocenters. The van der Waals surface area contributed by atoms with Crippen LogP contribution in [0.5, 0.6) is 0 Å². The monoisotopic (exact) mass is 406 g/mol. The first kappa shape index (κ1) is 19.1. The highest BCUT2D eigenvalue weighted by molar-refractivity contribution is 6.03. The summed E-state index contributed by atoms with van der Waals surface area (Å²) in [7, 11) is 4.13.